The summed E-state index contributed by atoms with van der Waals surface area (Å²) in [6, 6.07) is 6.26. The van der Waals surface area contributed by atoms with E-state index in [9.17, 15) is 8.42 Å². The first-order valence-corrected chi connectivity index (χ1v) is 15.2. The molecule has 2 aliphatic rings. The van der Waals surface area contributed by atoms with Crippen molar-refractivity contribution in [2.75, 3.05) is 36.8 Å². The fourth-order valence-corrected chi connectivity index (χ4v) is 6.70. The number of thiazole rings is 1. The van der Waals surface area contributed by atoms with E-state index >= 15 is 0 Å². The molecule has 0 saturated carbocycles. The Bertz CT molecular complexity index is 1330. The highest BCUT2D eigenvalue weighted by atomic mass is 32.2. The normalized spacial score (nSPS) is 17.9. The first-order chi connectivity index (χ1) is 17.4. The molecular formula is C26H33N5O3S2. The summed E-state index contributed by atoms with van der Waals surface area (Å²) in [6.45, 7) is 6.55. The summed E-state index contributed by atoms with van der Waals surface area (Å²) in [5.74, 6) is 0.943. The summed E-state index contributed by atoms with van der Waals surface area (Å²) in [5.41, 5.74) is 4.44. The lowest BCUT2D eigenvalue weighted by atomic mass is 10.0. The van der Waals surface area contributed by atoms with Crippen LogP contribution in [-0.2, 0) is 16.4 Å². The van der Waals surface area contributed by atoms with Gasteiger partial charge in [0.25, 0.3) is 5.19 Å². The summed E-state index contributed by atoms with van der Waals surface area (Å²) < 4.78 is 33.2. The van der Waals surface area contributed by atoms with E-state index < -0.39 is 10.0 Å². The molecule has 8 nitrogen and oxygen atoms in total. The largest absolute Gasteiger partial charge is 0.467 e. The van der Waals surface area contributed by atoms with Crippen molar-refractivity contribution in [3.05, 3.63) is 47.8 Å². The van der Waals surface area contributed by atoms with Crippen molar-refractivity contribution in [2.45, 2.75) is 52.1 Å². The third-order valence-corrected chi connectivity index (χ3v) is 9.65. The number of nitrogens with zero attached hydrogens (tertiary/aromatic N) is 5. The molecule has 10 heteroatoms. The van der Waals surface area contributed by atoms with Gasteiger partial charge in [0, 0.05) is 51.4 Å². The Hall–Kier alpha value is -2.56. The minimum atomic E-state index is -3.14. The van der Waals surface area contributed by atoms with Crippen molar-refractivity contribution in [1.82, 2.24) is 19.3 Å². The number of aromatic nitrogens is 3. The summed E-state index contributed by atoms with van der Waals surface area (Å²) in [5, 5.41) is 0.707. The lowest BCUT2D eigenvalue weighted by molar-refractivity contribution is 0.170. The van der Waals surface area contributed by atoms with Gasteiger partial charge in [-0.25, -0.2) is 23.4 Å². The van der Waals surface area contributed by atoms with Gasteiger partial charge in [0.05, 0.1) is 16.0 Å². The molecule has 0 bridgehead atoms. The molecule has 0 radical (unpaired) electrons. The first-order valence-electron chi connectivity index (χ1n) is 12.8. The van der Waals surface area contributed by atoms with Crippen LogP contribution in [0.15, 0.2) is 36.7 Å². The molecular weight excluding hydrogens is 494 g/mol. The summed E-state index contributed by atoms with van der Waals surface area (Å²) >= 11 is 1.58. The zero-order valence-corrected chi connectivity index (χ0v) is 22.5. The average molecular weight is 528 g/mol. The minimum Gasteiger partial charge on any atom is -0.467 e. The number of ether oxygens (including phenoxy) is 1. The van der Waals surface area contributed by atoms with E-state index in [1.807, 2.05) is 24.5 Å². The minimum absolute atomic E-state index is 0.133. The van der Waals surface area contributed by atoms with Crippen molar-refractivity contribution in [3.8, 4) is 5.19 Å². The molecule has 5 rings (SSSR count). The van der Waals surface area contributed by atoms with Crippen LogP contribution in [0.5, 0.6) is 5.19 Å². The lowest BCUT2D eigenvalue weighted by Crippen LogP contribution is -2.39. The number of rotatable bonds is 8. The highest BCUT2D eigenvalue weighted by molar-refractivity contribution is 7.89. The molecule has 0 atom stereocenters. The van der Waals surface area contributed by atoms with E-state index in [2.05, 4.69) is 33.9 Å². The summed E-state index contributed by atoms with van der Waals surface area (Å²) in [4.78, 5) is 16.0. The van der Waals surface area contributed by atoms with Crippen molar-refractivity contribution in [2.24, 2.45) is 0 Å². The number of fused-ring (bicyclic) bond motifs is 1. The van der Waals surface area contributed by atoms with Crippen LogP contribution in [0.4, 0.5) is 5.95 Å². The first kappa shape index (κ1) is 25.1. The summed E-state index contributed by atoms with van der Waals surface area (Å²) in [7, 11) is -3.14. The Kier molecular flexibility index (Phi) is 7.55. The maximum absolute atomic E-state index is 12.1. The van der Waals surface area contributed by atoms with E-state index in [1.54, 1.807) is 22.6 Å². The van der Waals surface area contributed by atoms with Gasteiger partial charge < -0.3 is 9.64 Å². The van der Waals surface area contributed by atoms with Gasteiger partial charge >= 0.3 is 0 Å². The molecule has 0 amide bonds. The van der Waals surface area contributed by atoms with Gasteiger partial charge in [-0.15, -0.1) is 0 Å². The second kappa shape index (κ2) is 10.8. The maximum atomic E-state index is 12.1. The highest BCUT2D eigenvalue weighted by Gasteiger charge is 2.25. The zero-order chi connectivity index (χ0) is 25.1. The van der Waals surface area contributed by atoms with E-state index in [0.29, 0.717) is 18.3 Å². The SMILES string of the molecule is CCCc1cnc(N2CCC(Oc3nc4ccc(C5=CCN(S(=O)(=O)CC)CC5)cc4s3)CC2)nc1. The van der Waals surface area contributed by atoms with Crippen LogP contribution in [0, 0.1) is 0 Å². The van der Waals surface area contributed by atoms with Gasteiger partial charge in [-0.05, 0) is 48.6 Å². The second-order valence-electron chi connectivity index (χ2n) is 9.35. The predicted molar refractivity (Wildman–Crippen MR) is 145 cm³/mol. The van der Waals surface area contributed by atoms with Crippen molar-refractivity contribution in [3.63, 3.8) is 0 Å². The molecule has 0 aliphatic carbocycles. The highest BCUT2D eigenvalue weighted by Crippen LogP contribution is 2.33. The monoisotopic (exact) mass is 527 g/mol. The van der Waals surface area contributed by atoms with Gasteiger partial charge in [-0.1, -0.05) is 36.8 Å². The Balaban J connectivity index is 1.19. The molecule has 36 heavy (non-hydrogen) atoms. The van der Waals surface area contributed by atoms with Crippen LogP contribution in [0.3, 0.4) is 0 Å². The van der Waals surface area contributed by atoms with Gasteiger partial charge in [0.15, 0.2) is 0 Å². The molecule has 2 aromatic heterocycles. The molecule has 0 N–H and O–H groups in total. The molecule has 0 spiro atoms. The van der Waals surface area contributed by atoms with E-state index in [0.717, 1.165) is 66.9 Å². The number of anilines is 1. The van der Waals surface area contributed by atoms with E-state index in [1.165, 1.54) is 11.1 Å². The number of aryl methyl sites for hydroxylation is 1. The Morgan fingerprint density at radius 2 is 1.89 bits per heavy atom. The number of hydrogen-bond acceptors (Lipinski definition) is 8. The molecule has 1 aromatic carbocycles. The van der Waals surface area contributed by atoms with Gasteiger partial charge in [-0.3, -0.25) is 0 Å². The standard InChI is InChI=1S/C26H33N5O3S2/c1-3-5-19-17-27-25(28-18-19)30-12-10-22(11-13-30)34-26-29-23-7-6-21(16-24(23)35-26)20-8-14-31(15-9-20)36(32,33)4-2/h6-8,16-18,22H,3-5,9-15H2,1-2H3. The van der Waals surface area contributed by atoms with Crippen LogP contribution in [0.1, 0.15) is 50.7 Å². The Morgan fingerprint density at radius 3 is 2.56 bits per heavy atom. The van der Waals surface area contributed by atoms with Gasteiger partial charge in [0.1, 0.15) is 6.10 Å². The molecule has 0 unspecified atom stereocenters. The van der Waals surface area contributed by atoms with E-state index in [4.69, 9.17) is 9.72 Å². The lowest BCUT2D eigenvalue weighted by Gasteiger charge is -2.31. The number of piperidine rings is 1. The number of benzene rings is 1. The van der Waals surface area contributed by atoms with Gasteiger partial charge in [0.2, 0.25) is 16.0 Å². The molecule has 3 aromatic rings. The third kappa shape index (κ3) is 5.55. The maximum Gasteiger partial charge on any atom is 0.274 e. The molecule has 1 saturated heterocycles. The van der Waals surface area contributed by atoms with Crippen molar-refractivity contribution in [1.29, 1.82) is 0 Å². The van der Waals surface area contributed by atoms with Gasteiger partial charge in [-0.2, -0.15) is 4.31 Å². The smallest absolute Gasteiger partial charge is 0.274 e. The summed E-state index contributed by atoms with van der Waals surface area (Å²) in [6.07, 6.45) is 10.7. The molecule has 1 fully saturated rings. The van der Waals surface area contributed by atoms with Crippen LogP contribution in [0.2, 0.25) is 0 Å². The van der Waals surface area contributed by atoms with Crippen LogP contribution >= 0.6 is 11.3 Å². The quantitative estimate of drug-likeness (QED) is 0.425. The fourth-order valence-electron chi connectivity index (χ4n) is 4.75. The van der Waals surface area contributed by atoms with Crippen molar-refractivity contribution >= 4 is 43.1 Å². The fraction of sp³-hybridized carbons (Fsp3) is 0.500. The zero-order valence-electron chi connectivity index (χ0n) is 20.9. The Labute approximate surface area is 217 Å². The van der Waals surface area contributed by atoms with Crippen LogP contribution in [-0.4, -0.2) is 65.7 Å². The molecule has 2 aliphatic heterocycles. The Morgan fingerprint density at radius 1 is 1.11 bits per heavy atom. The predicted octanol–water partition coefficient (Wildman–Crippen LogP) is 4.53. The number of sulfonamides is 1. The molecule has 4 heterocycles. The average Bonchev–Trinajstić information content (AvgIpc) is 3.31. The van der Waals surface area contributed by atoms with E-state index in [-0.39, 0.29) is 11.9 Å². The van der Waals surface area contributed by atoms with Crippen LogP contribution < -0.4 is 9.64 Å². The van der Waals surface area contributed by atoms with Crippen LogP contribution in [0.25, 0.3) is 15.8 Å². The number of hydrogen-bond donors (Lipinski definition) is 0. The second-order valence-corrected chi connectivity index (χ2v) is 12.6. The van der Waals surface area contributed by atoms with Crippen molar-refractivity contribution < 1.29 is 13.2 Å². The topological polar surface area (TPSA) is 88.5 Å². The molecule has 192 valence electrons. The third-order valence-electron chi connectivity index (χ3n) is 6.89.